The molecule has 3 heteroatoms. The Morgan fingerprint density at radius 2 is 1.80 bits per heavy atom. The van der Waals surface area contributed by atoms with Crippen LogP contribution in [0.3, 0.4) is 0 Å². The number of carbonyl (C=O) groups excluding carboxylic acids is 1. The number of rotatable bonds is 2. The van der Waals surface area contributed by atoms with Gasteiger partial charge in [-0.3, -0.25) is 4.79 Å². The molecule has 0 aliphatic heterocycles. The fraction of sp³-hybridized carbons (Fsp3) is 0.118. The number of aryl methyl sites for hydroxylation is 2. The Kier molecular flexibility index (Phi) is 3.11. The van der Waals surface area contributed by atoms with E-state index in [1.165, 1.54) is 0 Å². The smallest absolute Gasteiger partial charge is 0.196 e. The molecule has 0 radical (unpaired) electrons. The van der Waals surface area contributed by atoms with Crippen LogP contribution in [0.4, 0.5) is 0 Å². The van der Waals surface area contributed by atoms with Crippen molar-refractivity contribution in [3.05, 3.63) is 70.4 Å². The summed E-state index contributed by atoms with van der Waals surface area (Å²) in [6.45, 7) is 1.90. The highest BCUT2D eigenvalue weighted by molar-refractivity contribution is 6.36. The van der Waals surface area contributed by atoms with Gasteiger partial charge < -0.3 is 4.57 Å². The first-order valence-electron chi connectivity index (χ1n) is 6.43. The molecule has 1 heterocycles. The molecule has 3 aromatic rings. The number of benzene rings is 2. The van der Waals surface area contributed by atoms with Gasteiger partial charge in [-0.1, -0.05) is 41.9 Å². The SMILES string of the molecule is Cc1cccc(C(=O)c2cn(C)c3ccccc23)c1Cl. The van der Waals surface area contributed by atoms with Crippen LogP contribution in [0.15, 0.2) is 48.7 Å². The Morgan fingerprint density at radius 1 is 1.05 bits per heavy atom. The van der Waals surface area contributed by atoms with Crippen molar-refractivity contribution in [3.8, 4) is 0 Å². The van der Waals surface area contributed by atoms with Gasteiger partial charge in [-0.25, -0.2) is 0 Å². The summed E-state index contributed by atoms with van der Waals surface area (Å²) < 4.78 is 1.96. The molecule has 0 atom stereocenters. The summed E-state index contributed by atoms with van der Waals surface area (Å²) >= 11 is 6.27. The zero-order valence-electron chi connectivity index (χ0n) is 11.4. The molecule has 0 saturated heterocycles. The number of para-hydroxylation sites is 1. The highest BCUT2D eigenvalue weighted by Crippen LogP contribution is 2.27. The molecule has 0 fully saturated rings. The normalized spacial score (nSPS) is 10.9. The number of ketones is 1. The lowest BCUT2D eigenvalue weighted by Crippen LogP contribution is -2.02. The number of nitrogens with zero attached hydrogens (tertiary/aromatic N) is 1. The lowest BCUT2D eigenvalue weighted by molar-refractivity contribution is 0.104. The second-order valence-corrected chi connectivity index (χ2v) is 5.31. The van der Waals surface area contributed by atoms with E-state index in [4.69, 9.17) is 11.6 Å². The summed E-state index contributed by atoms with van der Waals surface area (Å²) in [7, 11) is 1.94. The van der Waals surface area contributed by atoms with Crippen molar-refractivity contribution in [2.24, 2.45) is 7.05 Å². The van der Waals surface area contributed by atoms with Crippen molar-refractivity contribution in [2.75, 3.05) is 0 Å². The van der Waals surface area contributed by atoms with Crippen molar-refractivity contribution < 1.29 is 4.79 Å². The lowest BCUT2D eigenvalue weighted by Gasteiger charge is -2.05. The highest BCUT2D eigenvalue weighted by Gasteiger charge is 2.18. The van der Waals surface area contributed by atoms with Crippen LogP contribution in [0, 0.1) is 6.92 Å². The summed E-state index contributed by atoms with van der Waals surface area (Å²) in [4.78, 5) is 12.7. The zero-order valence-corrected chi connectivity index (χ0v) is 12.1. The van der Waals surface area contributed by atoms with Crippen LogP contribution in [0.1, 0.15) is 21.5 Å². The van der Waals surface area contributed by atoms with E-state index >= 15 is 0 Å². The number of hydrogen-bond donors (Lipinski definition) is 0. The Morgan fingerprint density at radius 3 is 2.60 bits per heavy atom. The summed E-state index contributed by atoms with van der Waals surface area (Å²) in [5.41, 5.74) is 3.20. The number of hydrogen-bond acceptors (Lipinski definition) is 1. The Bertz CT molecular complexity index is 817. The van der Waals surface area contributed by atoms with Crippen LogP contribution in [0.25, 0.3) is 10.9 Å². The van der Waals surface area contributed by atoms with Crippen LogP contribution in [0.5, 0.6) is 0 Å². The topological polar surface area (TPSA) is 22.0 Å². The molecule has 0 amide bonds. The predicted molar refractivity (Wildman–Crippen MR) is 82.5 cm³/mol. The zero-order chi connectivity index (χ0) is 14.3. The first-order valence-corrected chi connectivity index (χ1v) is 6.81. The summed E-state index contributed by atoms with van der Waals surface area (Å²) in [5.74, 6) is -0.0319. The fourth-order valence-electron chi connectivity index (χ4n) is 2.49. The van der Waals surface area contributed by atoms with Gasteiger partial charge in [0.05, 0.1) is 5.02 Å². The lowest BCUT2D eigenvalue weighted by atomic mass is 10.0. The monoisotopic (exact) mass is 283 g/mol. The first kappa shape index (κ1) is 12.9. The van der Waals surface area contributed by atoms with Gasteiger partial charge >= 0.3 is 0 Å². The number of aromatic nitrogens is 1. The molecule has 1 aromatic heterocycles. The Labute approximate surface area is 122 Å². The molecule has 3 rings (SSSR count). The van der Waals surface area contributed by atoms with E-state index in [-0.39, 0.29) is 5.78 Å². The molecular formula is C17H14ClNO. The van der Waals surface area contributed by atoms with Crippen molar-refractivity contribution >= 4 is 28.3 Å². The van der Waals surface area contributed by atoms with Crippen LogP contribution in [-0.2, 0) is 7.05 Å². The minimum atomic E-state index is -0.0319. The van der Waals surface area contributed by atoms with Gasteiger partial charge in [0.15, 0.2) is 5.78 Å². The second kappa shape index (κ2) is 4.80. The van der Waals surface area contributed by atoms with E-state index in [0.717, 1.165) is 16.5 Å². The van der Waals surface area contributed by atoms with Crippen LogP contribution >= 0.6 is 11.6 Å². The fourth-order valence-corrected chi connectivity index (χ4v) is 2.70. The van der Waals surface area contributed by atoms with E-state index < -0.39 is 0 Å². The van der Waals surface area contributed by atoms with Gasteiger partial charge in [0.2, 0.25) is 0 Å². The third-order valence-electron chi connectivity index (χ3n) is 3.58. The molecule has 0 unspecified atom stereocenters. The van der Waals surface area contributed by atoms with Gasteiger partial charge in [-0.15, -0.1) is 0 Å². The molecule has 2 nitrogen and oxygen atoms in total. The first-order chi connectivity index (χ1) is 9.59. The van der Waals surface area contributed by atoms with Gasteiger partial charge in [-0.2, -0.15) is 0 Å². The minimum Gasteiger partial charge on any atom is -0.350 e. The maximum atomic E-state index is 12.7. The number of carbonyl (C=O) groups is 1. The molecule has 20 heavy (non-hydrogen) atoms. The quantitative estimate of drug-likeness (QED) is 0.640. The van der Waals surface area contributed by atoms with Crippen molar-refractivity contribution in [1.29, 1.82) is 0 Å². The number of fused-ring (bicyclic) bond motifs is 1. The number of halogens is 1. The molecule has 0 spiro atoms. The van der Waals surface area contributed by atoms with E-state index in [1.807, 2.05) is 61.1 Å². The standard InChI is InChI=1S/C17H14ClNO/c1-11-6-5-8-13(16(11)18)17(20)14-10-19(2)15-9-4-3-7-12(14)15/h3-10H,1-2H3. The van der Waals surface area contributed by atoms with E-state index in [0.29, 0.717) is 16.1 Å². The van der Waals surface area contributed by atoms with Crippen molar-refractivity contribution in [1.82, 2.24) is 4.57 Å². The van der Waals surface area contributed by atoms with E-state index in [2.05, 4.69) is 0 Å². The van der Waals surface area contributed by atoms with E-state index in [1.54, 1.807) is 6.07 Å². The maximum Gasteiger partial charge on any atom is 0.196 e. The minimum absolute atomic E-state index is 0.0319. The Balaban J connectivity index is 2.21. The molecule has 0 N–H and O–H groups in total. The van der Waals surface area contributed by atoms with Crippen LogP contribution in [0.2, 0.25) is 5.02 Å². The average molecular weight is 284 g/mol. The van der Waals surface area contributed by atoms with Crippen molar-refractivity contribution in [3.63, 3.8) is 0 Å². The maximum absolute atomic E-state index is 12.7. The largest absolute Gasteiger partial charge is 0.350 e. The summed E-state index contributed by atoms with van der Waals surface area (Å²) in [5, 5.41) is 1.49. The molecule has 100 valence electrons. The molecule has 0 aliphatic carbocycles. The molecular weight excluding hydrogens is 270 g/mol. The van der Waals surface area contributed by atoms with Gasteiger partial charge in [0.1, 0.15) is 0 Å². The van der Waals surface area contributed by atoms with Crippen molar-refractivity contribution in [2.45, 2.75) is 6.92 Å². The molecule has 0 bridgehead atoms. The van der Waals surface area contributed by atoms with Gasteiger partial charge in [-0.05, 0) is 24.6 Å². The predicted octanol–water partition coefficient (Wildman–Crippen LogP) is 4.37. The molecule has 2 aromatic carbocycles. The third-order valence-corrected chi connectivity index (χ3v) is 4.08. The van der Waals surface area contributed by atoms with Gasteiger partial charge in [0, 0.05) is 35.3 Å². The molecule has 0 saturated carbocycles. The second-order valence-electron chi connectivity index (χ2n) is 4.94. The average Bonchev–Trinajstić information content (AvgIpc) is 2.79. The van der Waals surface area contributed by atoms with Crippen LogP contribution < -0.4 is 0 Å². The third kappa shape index (κ3) is 1.93. The summed E-state index contributed by atoms with van der Waals surface area (Å²) in [6.07, 6.45) is 1.87. The van der Waals surface area contributed by atoms with E-state index in [9.17, 15) is 4.79 Å². The Hall–Kier alpha value is -2.06. The van der Waals surface area contributed by atoms with Gasteiger partial charge in [0.25, 0.3) is 0 Å². The molecule has 0 aliphatic rings. The highest BCUT2D eigenvalue weighted by atomic mass is 35.5. The summed E-state index contributed by atoms with van der Waals surface area (Å²) in [6, 6.07) is 13.4. The van der Waals surface area contributed by atoms with Crippen LogP contribution in [-0.4, -0.2) is 10.4 Å².